The van der Waals surface area contributed by atoms with Gasteiger partial charge in [0.05, 0.1) is 0 Å². The predicted molar refractivity (Wildman–Crippen MR) is 116 cm³/mol. The third-order valence-corrected chi connectivity index (χ3v) is 5.46. The van der Waals surface area contributed by atoms with Crippen LogP contribution in [0.2, 0.25) is 0 Å². The van der Waals surface area contributed by atoms with Crippen LogP contribution < -0.4 is 5.32 Å². The van der Waals surface area contributed by atoms with Gasteiger partial charge < -0.3 is 9.88 Å². The molecule has 0 bridgehead atoms. The Labute approximate surface area is 172 Å². The molecular weight excluding hydrogens is 360 g/mol. The molecule has 1 aromatic heterocycles. The number of carbonyl (C=O) groups is 1. The maximum atomic E-state index is 12.4. The third kappa shape index (κ3) is 5.34. The van der Waals surface area contributed by atoms with E-state index in [9.17, 15) is 4.79 Å². The van der Waals surface area contributed by atoms with E-state index in [1.807, 2.05) is 53.4 Å². The van der Waals surface area contributed by atoms with Crippen LogP contribution in [0.1, 0.15) is 15.9 Å². The summed E-state index contributed by atoms with van der Waals surface area (Å²) in [6, 6.07) is 22.3. The van der Waals surface area contributed by atoms with Gasteiger partial charge in [-0.2, -0.15) is 0 Å². The number of carbonyl (C=O) groups excluding carboxylic acids is 1. The molecular formula is C24H28N4O. The standard InChI is InChI=1S/C24H28N4O/c29-24(22-8-10-23(11-9-22)28-13-4-5-14-28)25-12-15-26-16-18-27(19-17-26)20-21-6-2-1-3-7-21/h1-11,13-14H,12,15-20H2,(H,25,29). The largest absolute Gasteiger partial charge is 0.351 e. The van der Waals surface area contributed by atoms with E-state index in [1.165, 1.54) is 5.56 Å². The van der Waals surface area contributed by atoms with Crippen LogP contribution in [0.25, 0.3) is 5.69 Å². The number of hydrogen-bond acceptors (Lipinski definition) is 3. The molecule has 0 atom stereocenters. The van der Waals surface area contributed by atoms with E-state index in [-0.39, 0.29) is 5.91 Å². The van der Waals surface area contributed by atoms with Crippen molar-refractivity contribution in [1.82, 2.24) is 19.7 Å². The maximum Gasteiger partial charge on any atom is 0.251 e. The van der Waals surface area contributed by atoms with Gasteiger partial charge >= 0.3 is 0 Å². The highest BCUT2D eigenvalue weighted by Crippen LogP contribution is 2.10. The van der Waals surface area contributed by atoms with Crippen LogP contribution in [0.3, 0.4) is 0 Å². The Morgan fingerprint density at radius 2 is 1.45 bits per heavy atom. The second-order valence-electron chi connectivity index (χ2n) is 7.50. The summed E-state index contributed by atoms with van der Waals surface area (Å²) in [7, 11) is 0. The number of piperazine rings is 1. The molecule has 0 spiro atoms. The van der Waals surface area contributed by atoms with Crippen molar-refractivity contribution in [2.45, 2.75) is 6.54 Å². The first-order valence-corrected chi connectivity index (χ1v) is 10.3. The van der Waals surface area contributed by atoms with Crippen LogP contribution in [0.4, 0.5) is 0 Å². The quantitative estimate of drug-likeness (QED) is 0.676. The zero-order valence-corrected chi connectivity index (χ0v) is 16.7. The Hall–Kier alpha value is -2.89. The summed E-state index contributed by atoms with van der Waals surface area (Å²) in [5.74, 6) is -0.00762. The molecule has 29 heavy (non-hydrogen) atoms. The summed E-state index contributed by atoms with van der Waals surface area (Å²) in [6.07, 6.45) is 3.99. The average molecular weight is 389 g/mol. The van der Waals surface area contributed by atoms with Gasteiger partial charge in [-0.1, -0.05) is 30.3 Å². The summed E-state index contributed by atoms with van der Waals surface area (Å²) in [5.41, 5.74) is 3.13. The molecule has 2 aromatic carbocycles. The van der Waals surface area contributed by atoms with Crippen molar-refractivity contribution in [1.29, 1.82) is 0 Å². The smallest absolute Gasteiger partial charge is 0.251 e. The number of nitrogens with zero attached hydrogens (tertiary/aromatic N) is 3. The van der Waals surface area contributed by atoms with Crippen molar-refractivity contribution in [2.75, 3.05) is 39.3 Å². The molecule has 1 N–H and O–H groups in total. The fourth-order valence-electron chi connectivity index (χ4n) is 3.73. The van der Waals surface area contributed by atoms with Crippen molar-refractivity contribution in [2.24, 2.45) is 0 Å². The topological polar surface area (TPSA) is 40.5 Å². The monoisotopic (exact) mass is 388 g/mol. The molecule has 150 valence electrons. The van der Waals surface area contributed by atoms with Crippen LogP contribution in [0, 0.1) is 0 Å². The van der Waals surface area contributed by atoms with Gasteiger partial charge in [-0.25, -0.2) is 0 Å². The molecule has 5 heteroatoms. The van der Waals surface area contributed by atoms with Crippen molar-refractivity contribution in [3.05, 3.63) is 90.3 Å². The van der Waals surface area contributed by atoms with Gasteiger partial charge in [-0.05, 0) is 42.0 Å². The highest BCUT2D eigenvalue weighted by Gasteiger charge is 2.16. The van der Waals surface area contributed by atoms with Gasteiger partial charge in [0.1, 0.15) is 0 Å². The molecule has 5 nitrogen and oxygen atoms in total. The van der Waals surface area contributed by atoms with Gasteiger partial charge in [-0.15, -0.1) is 0 Å². The number of aromatic nitrogens is 1. The first-order valence-electron chi connectivity index (χ1n) is 10.3. The van der Waals surface area contributed by atoms with E-state index in [0.29, 0.717) is 12.1 Å². The van der Waals surface area contributed by atoms with Crippen LogP contribution >= 0.6 is 0 Å². The summed E-state index contributed by atoms with van der Waals surface area (Å²) in [6.45, 7) is 6.84. The van der Waals surface area contributed by atoms with E-state index in [0.717, 1.165) is 45.0 Å². The molecule has 1 amide bonds. The molecule has 3 aromatic rings. The number of hydrogen-bond donors (Lipinski definition) is 1. The van der Waals surface area contributed by atoms with E-state index in [1.54, 1.807) is 0 Å². The summed E-state index contributed by atoms with van der Waals surface area (Å²) in [4.78, 5) is 17.3. The lowest BCUT2D eigenvalue weighted by Crippen LogP contribution is -2.48. The van der Waals surface area contributed by atoms with Gasteiger partial charge in [-0.3, -0.25) is 14.6 Å². The number of rotatable bonds is 7. The predicted octanol–water partition coefficient (Wildman–Crippen LogP) is 3.02. The molecule has 4 rings (SSSR count). The minimum absolute atomic E-state index is 0.00762. The molecule has 1 saturated heterocycles. The third-order valence-electron chi connectivity index (χ3n) is 5.46. The normalized spacial score (nSPS) is 15.3. The Kier molecular flexibility index (Phi) is 6.39. The highest BCUT2D eigenvalue weighted by atomic mass is 16.1. The fraction of sp³-hybridized carbons (Fsp3) is 0.292. The molecule has 1 aliphatic rings. The molecule has 0 saturated carbocycles. The highest BCUT2D eigenvalue weighted by molar-refractivity contribution is 5.94. The molecule has 0 unspecified atom stereocenters. The Balaban J connectivity index is 1.17. The zero-order valence-electron chi connectivity index (χ0n) is 16.7. The summed E-state index contributed by atoms with van der Waals surface area (Å²) >= 11 is 0. The van der Waals surface area contributed by atoms with Gasteiger partial charge in [0.15, 0.2) is 0 Å². The van der Waals surface area contributed by atoms with Gasteiger partial charge in [0, 0.05) is 69.5 Å². The van der Waals surface area contributed by atoms with Gasteiger partial charge in [0.25, 0.3) is 5.91 Å². The van der Waals surface area contributed by atoms with E-state index < -0.39 is 0 Å². The Morgan fingerprint density at radius 3 is 2.14 bits per heavy atom. The SMILES string of the molecule is O=C(NCCN1CCN(Cc2ccccc2)CC1)c1ccc(-n2cccc2)cc1. The Morgan fingerprint density at radius 1 is 0.793 bits per heavy atom. The fourth-order valence-corrected chi connectivity index (χ4v) is 3.73. The van der Waals surface area contributed by atoms with E-state index in [4.69, 9.17) is 0 Å². The molecule has 1 fully saturated rings. The van der Waals surface area contributed by atoms with Crippen LogP contribution in [-0.2, 0) is 6.54 Å². The van der Waals surface area contributed by atoms with E-state index in [2.05, 4.69) is 45.4 Å². The number of benzene rings is 2. The second kappa shape index (κ2) is 9.54. The van der Waals surface area contributed by atoms with Crippen molar-refractivity contribution in [3.63, 3.8) is 0 Å². The molecule has 2 heterocycles. The molecule has 0 radical (unpaired) electrons. The van der Waals surface area contributed by atoms with Crippen LogP contribution in [-0.4, -0.2) is 59.5 Å². The zero-order chi connectivity index (χ0) is 19.9. The van der Waals surface area contributed by atoms with Crippen LogP contribution in [0.5, 0.6) is 0 Å². The minimum Gasteiger partial charge on any atom is -0.351 e. The van der Waals surface area contributed by atoms with Gasteiger partial charge in [0.2, 0.25) is 0 Å². The Bertz CT molecular complexity index is 882. The second-order valence-corrected chi connectivity index (χ2v) is 7.50. The van der Waals surface area contributed by atoms with Crippen molar-refractivity contribution >= 4 is 5.91 Å². The lowest BCUT2D eigenvalue weighted by molar-refractivity contribution is 0.0934. The number of amides is 1. The van der Waals surface area contributed by atoms with Crippen molar-refractivity contribution < 1.29 is 4.79 Å². The number of nitrogens with one attached hydrogen (secondary N) is 1. The minimum atomic E-state index is -0.00762. The average Bonchev–Trinajstić information content (AvgIpc) is 3.31. The first kappa shape index (κ1) is 19.4. The van der Waals surface area contributed by atoms with E-state index >= 15 is 0 Å². The lowest BCUT2D eigenvalue weighted by atomic mass is 10.2. The molecule has 1 aliphatic heterocycles. The molecule has 0 aliphatic carbocycles. The summed E-state index contributed by atoms with van der Waals surface area (Å²) < 4.78 is 2.03. The van der Waals surface area contributed by atoms with Crippen molar-refractivity contribution in [3.8, 4) is 5.69 Å². The lowest BCUT2D eigenvalue weighted by Gasteiger charge is -2.34. The maximum absolute atomic E-state index is 12.4. The van der Waals surface area contributed by atoms with Crippen LogP contribution in [0.15, 0.2) is 79.1 Å². The first-order chi connectivity index (χ1) is 14.3. The summed E-state index contributed by atoms with van der Waals surface area (Å²) in [5, 5.41) is 3.05.